The van der Waals surface area contributed by atoms with Gasteiger partial charge >= 0.3 is 5.97 Å². The number of nitrogens with one attached hydrogen (secondary N) is 2. The quantitative estimate of drug-likeness (QED) is 0.738. The fourth-order valence-corrected chi connectivity index (χ4v) is 3.96. The Balaban J connectivity index is 2.01. The van der Waals surface area contributed by atoms with E-state index in [-0.39, 0.29) is 17.7 Å². The Morgan fingerprint density at radius 2 is 1.41 bits per heavy atom. The molecule has 2 atom stereocenters. The van der Waals surface area contributed by atoms with Crippen LogP contribution < -0.4 is 10.6 Å². The van der Waals surface area contributed by atoms with Crippen molar-refractivity contribution in [2.75, 3.05) is 7.11 Å². The number of carbonyl (C=O) groups is 3. The van der Waals surface area contributed by atoms with Crippen molar-refractivity contribution in [1.29, 1.82) is 0 Å². The van der Waals surface area contributed by atoms with Crippen molar-refractivity contribution in [3.63, 3.8) is 0 Å². The van der Waals surface area contributed by atoms with Crippen LogP contribution in [0.4, 0.5) is 0 Å². The van der Waals surface area contributed by atoms with Gasteiger partial charge in [-0.2, -0.15) is 0 Å². The molecule has 0 saturated carbocycles. The monoisotopic (exact) mass is 394 g/mol. The summed E-state index contributed by atoms with van der Waals surface area (Å²) in [6.45, 7) is 5.05. The first-order chi connectivity index (χ1) is 13.8. The minimum absolute atomic E-state index is 0.139. The third-order valence-corrected chi connectivity index (χ3v) is 5.28. The van der Waals surface area contributed by atoms with Crippen LogP contribution in [-0.4, -0.2) is 37.0 Å². The lowest BCUT2D eigenvalue weighted by Crippen LogP contribution is -2.55. The SMILES string of the molecule is COC(=O)[C@H](NC(=O)[C@H](NC(C)=O)C(C)C)C1c2ccccc2-c2ccccc21. The Labute approximate surface area is 170 Å². The minimum Gasteiger partial charge on any atom is -0.467 e. The number of methoxy groups -OCH3 is 1. The van der Waals surface area contributed by atoms with Crippen molar-refractivity contribution in [1.82, 2.24) is 10.6 Å². The third-order valence-electron chi connectivity index (χ3n) is 5.28. The maximum absolute atomic E-state index is 13.0. The van der Waals surface area contributed by atoms with E-state index in [4.69, 9.17) is 4.74 Å². The average Bonchev–Trinajstić information content (AvgIpc) is 3.03. The van der Waals surface area contributed by atoms with E-state index < -0.39 is 24.0 Å². The Hall–Kier alpha value is -3.15. The highest BCUT2D eigenvalue weighted by molar-refractivity contribution is 5.92. The summed E-state index contributed by atoms with van der Waals surface area (Å²) in [4.78, 5) is 37.3. The lowest BCUT2D eigenvalue weighted by Gasteiger charge is -2.28. The summed E-state index contributed by atoms with van der Waals surface area (Å²) >= 11 is 0. The van der Waals surface area contributed by atoms with Crippen molar-refractivity contribution < 1.29 is 19.1 Å². The van der Waals surface area contributed by atoms with Crippen LogP contribution in [0.1, 0.15) is 37.8 Å². The molecule has 0 bridgehead atoms. The second kappa shape index (κ2) is 8.47. The molecule has 2 N–H and O–H groups in total. The zero-order valence-electron chi connectivity index (χ0n) is 17.1. The molecular formula is C23H26N2O4. The van der Waals surface area contributed by atoms with Gasteiger partial charge in [-0.05, 0) is 28.2 Å². The number of benzene rings is 2. The van der Waals surface area contributed by atoms with E-state index in [1.54, 1.807) is 0 Å². The summed E-state index contributed by atoms with van der Waals surface area (Å²) in [6.07, 6.45) is 0. The van der Waals surface area contributed by atoms with Crippen LogP contribution in [-0.2, 0) is 19.1 Å². The summed E-state index contributed by atoms with van der Waals surface area (Å²) in [5, 5.41) is 5.52. The molecule has 0 radical (unpaired) electrons. The van der Waals surface area contributed by atoms with Gasteiger partial charge in [0.1, 0.15) is 12.1 Å². The number of hydrogen-bond donors (Lipinski definition) is 2. The van der Waals surface area contributed by atoms with E-state index in [0.29, 0.717) is 0 Å². The molecule has 29 heavy (non-hydrogen) atoms. The van der Waals surface area contributed by atoms with Gasteiger partial charge in [0.05, 0.1) is 7.11 Å². The Morgan fingerprint density at radius 1 is 0.897 bits per heavy atom. The largest absolute Gasteiger partial charge is 0.467 e. The van der Waals surface area contributed by atoms with Crippen molar-refractivity contribution in [3.8, 4) is 11.1 Å². The summed E-state index contributed by atoms with van der Waals surface area (Å²) in [5.41, 5.74) is 4.01. The maximum atomic E-state index is 13.0. The van der Waals surface area contributed by atoms with E-state index in [1.165, 1.54) is 14.0 Å². The second-order valence-corrected chi connectivity index (χ2v) is 7.58. The number of amides is 2. The molecule has 1 aliphatic carbocycles. The molecule has 2 aromatic rings. The number of ether oxygens (including phenoxy) is 1. The highest BCUT2D eigenvalue weighted by Gasteiger charge is 2.40. The fraction of sp³-hybridized carbons (Fsp3) is 0.348. The maximum Gasteiger partial charge on any atom is 0.329 e. The van der Waals surface area contributed by atoms with Gasteiger partial charge in [0.15, 0.2) is 0 Å². The predicted octanol–water partition coefficient (Wildman–Crippen LogP) is 2.62. The number of hydrogen-bond acceptors (Lipinski definition) is 4. The number of rotatable bonds is 6. The van der Waals surface area contributed by atoms with Crippen molar-refractivity contribution in [2.45, 2.75) is 38.8 Å². The molecule has 0 aromatic heterocycles. The first kappa shape index (κ1) is 20.6. The van der Waals surface area contributed by atoms with Crippen LogP contribution in [0.25, 0.3) is 11.1 Å². The second-order valence-electron chi connectivity index (χ2n) is 7.58. The van der Waals surface area contributed by atoms with Gasteiger partial charge in [-0.15, -0.1) is 0 Å². The minimum atomic E-state index is -0.910. The van der Waals surface area contributed by atoms with E-state index in [0.717, 1.165) is 22.3 Å². The van der Waals surface area contributed by atoms with Gasteiger partial charge in [0.2, 0.25) is 11.8 Å². The van der Waals surface area contributed by atoms with E-state index in [2.05, 4.69) is 10.6 Å². The summed E-state index contributed by atoms with van der Waals surface area (Å²) < 4.78 is 5.04. The predicted molar refractivity (Wildman–Crippen MR) is 110 cm³/mol. The normalized spacial score (nSPS) is 14.5. The Bertz CT molecular complexity index is 892. The van der Waals surface area contributed by atoms with Crippen LogP contribution in [0.5, 0.6) is 0 Å². The third kappa shape index (κ3) is 4.01. The lowest BCUT2D eigenvalue weighted by atomic mass is 9.88. The smallest absolute Gasteiger partial charge is 0.329 e. The van der Waals surface area contributed by atoms with Crippen LogP contribution >= 0.6 is 0 Å². The van der Waals surface area contributed by atoms with Gasteiger partial charge in [-0.1, -0.05) is 62.4 Å². The molecule has 0 aliphatic heterocycles. The van der Waals surface area contributed by atoms with Crippen molar-refractivity contribution >= 4 is 17.8 Å². The van der Waals surface area contributed by atoms with Crippen molar-refractivity contribution in [3.05, 3.63) is 59.7 Å². The summed E-state index contributed by atoms with van der Waals surface area (Å²) in [6, 6.07) is 14.1. The summed E-state index contributed by atoms with van der Waals surface area (Å²) in [5.74, 6) is -1.75. The highest BCUT2D eigenvalue weighted by Crippen LogP contribution is 2.46. The molecular weight excluding hydrogens is 368 g/mol. The van der Waals surface area contributed by atoms with Crippen LogP contribution in [0.2, 0.25) is 0 Å². The van der Waals surface area contributed by atoms with E-state index >= 15 is 0 Å². The van der Waals surface area contributed by atoms with Crippen LogP contribution in [0.15, 0.2) is 48.5 Å². The highest BCUT2D eigenvalue weighted by atomic mass is 16.5. The molecule has 0 unspecified atom stereocenters. The molecule has 0 spiro atoms. The molecule has 0 fully saturated rings. The zero-order valence-corrected chi connectivity index (χ0v) is 17.1. The molecule has 2 aromatic carbocycles. The molecule has 1 aliphatic rings. The number of carbonyl (C=O) groups excluding carboxylic acids is 3. The van der Waals surface area contributed by atoms with Gasteiger partial charge < -0.3 is 15.4 Å². The lowest BCUT2D eigenvalue weighted by molar-refractivity contribution is -0.146. The first-order valence-corrected chi connectivity index (χ1v) is 9.68. The van der Waals surface area contributed by atoms with Gasteiger partial charge in [-0.25, -0.2) is 4.79 Å². The topological polar surface area (TPSA) is 84.5 Å². The summed E-state index contributed by atoms with van der Waals surface area (Å²) in [7, 11) is 1.31. The van der Waals surface area contributed by atoms with E-state index in [1.807, 2.05) is 62.4 Å². The molecule has 6 heteroatoms. The molecule has 152 valence electrons. The number of esters is 1. The van der Waals surface area contributed by atoms with Gasteiger partial charge in [0, 0.05) is 12.8 Å². The molecule has 2 amide bonds. The first-order valence-electron chi connectivity index (χ1n) is 9.68. The fourth-order valence-electron chi connectivity index (χ4n) is 3.96. The zero-order chi connectivity index (χ0) is 21.1. The van der Waals surface area contributed by atoms with Gasteiger partial charge in [-0.3, -0.25) is 9.59 Å². The molecule has 0 heterocycles. The Morgan fingerprint density at radius 3 is 1.86 bits per heavy atom. The number of fused-ring (bicyclic) bond motifs is 3. The van der Waals surface area contributed by atoms with E-state index in [9.17, 15) is 14.4 Å². The molecule has 6 nitrogen and oxygen atoms in total. The average molecular weight is 394 g/mol. The molecule has 3 rings (SSSR count). The Kier molecular flexibility index (Phi) is 6.01. The van der Waals surface area contributed by atoms with Crippen LogP contribution in [0.3, 0.4) is 0 Å². The van der Waals surface area contributed by atoms with Crippen molar-refractivity contribution in [2.24, 2.45) is 5.92 Å². The van der Waals surface area contributed by atoms with Crippen LogP contribution in [0, 0.1) is 5.92 Å². The standard InChI is InChI=1S/C23H26N2O4/c1-13(2)20(24-14(3)26)22(27)25-21(23(28)29-4)19-17-11-7-5-9-15(17)16-10-6-8-12-18(16)19/h5-13,19-21H,1-4H3,(H,24,26)(H,25,27)/t20-,21-/m1/s1. The van der Waals surface area contributed by atoms with Gasteiger partial charge in [0.25, 0.3) is 0 Å². The molecule has 0 saturated heterocycles.